The van der Waals surface area contributed by atoms with E-state index in [4.69, 9.17) is 0 Å². The standard InChI is InChI=1S/C24H31N5O3S/c1-24(2,3)20-7-9-21(10-8-20)33(31,32)27-13-11-22(30)28-14-5-15-29(17-16-28)23-19(18-25)6-4-12-26-23/h4,6-10,12,27H,5,11,13-17H2,1-3H3. The fourth-order valence-electron chi connectivity index (χ4n) is 3.78. The molecule has 33 heavy (non-hydrogen) atoms. The first-order chi connectivity index (χ1) is 15.6. The van der Waals surface area contributed by atoms with Gasteiger partial charge in [0.1, 0.15) is 11.9 Å². The number of carbonyl (C=O) groups excluding carboxylic acids is 1. The molecular formula is C24H31N5O3S. The maximum atomic E-state index is 12.7. The molecule has 1 aliphatic rings. The predicted octanol–water partition coefficient (Wildman–Crippen LogP) is 2.66. The summed E-state index contributed by atoms with van der Waals surface area (Å²) in [6.07, 6.45) is 2.50. The van der Waals surface area contributed by atoms with Crippen molar-refractivity contribution in [1.29, 1.82) is 5.26 Å². The van der Waals surface area contributed by atoms with Gasteiger partial charge in [-0.05, 0) is 41.7 Å². The van der Waals surface area contributed by atoms with E-state index in [0.717, 1.165) is 12.0 Å². The number of hydrogen-bond acceptors (Lipinski definition) is 6. The molecule has 0 spiro atoms. The molecule has 1 saturated heterocycles. The number of carbonyl (C=O) groups is 1. The number of nitrogens with one attached hydrogen (secondary N) is 1. The lowest BCUT2D eigenvalue weighted by Gasteiger charge is -2.23. The highest BCUT2D eigenvalue weighted by Gasteiger charge is 2.22. The van der Waals surface area contributed by atoms with Crippen molar-refractivity contribution in [3.63, 3.8) is 0 Å². The predicted molar refractivity (Wildman–Crippen MR) is 127 cm³/mol. The molecule has 0 unspecified atom stereocenters. The van der Waals surface area contributed by atoms with Crippen LogP contribution in [-0.4, -0.2) is 56.9 Å². The first-order valence-corrected chi connectivity index (χ1v) is 12.6. The van der Waals surface area contributed by atoms with Gasteiger partial charge in [-0.1, -0.05) is 32.9 Å². The van der Waals surface area contributed by atoms with Gasteiger partial charge in [-0.15, -0.1) is 0 Å². The Morgan fingerprint density at radius 3 is 2.52 bits per heavy atom. The molecule has 1 fully saturated rings. The number of hydrogen-bond donors (Lipinski definition) is 1. The molecule has 9 heteroatoms. The lowest BCUT2D eigenvalue weighted by Crippen LogP contribution is -2.37. The van der Waals surface area contributed by atoms with Crippen molar-refractivity contribution in [2.45, 2.75) is 43.9 Å². The SMILES string of the molecule is CC(C)(C)c1ccc(S(=O)(=O)NCCC(=O)N2CCCN(c3ncccc3C#N)CC2)cc1. The van der Waals surface area contributed by atoms with E-state index in [2.05, 4.69) is 36.5 Å². The van der Waals surface area contributed by atoms with Crippen LogP contribution >= 0.6 is 0 Å². The van der Waals surface area contributed by atoms with E-state index in [0.29, 0.717) is 37.6 Å². The van der Waals surface area contributed by atoms with Crippen LogP contribution in [0.2, 0.25) is 0 Å². The average Bonchev–Trinajstić information content (AvgIpc) is 3.05. The van der Waals surface area contributed by atoms with Crippen molar-refractivity contribution >= 4 is 21.7 Å². The molecule has 3 rings (SSSR count). The number of rotatable bonds is 6. The molecule has 0 atom stereocenters. The molecule has 2 aromatic rings. The zero-order chi connectivity index (χ0) is 24.1. The van der Waals surface area contributed by atoms with E-state index in [9.17, 15) is 18.5 Å². The maximum Gasteiger partial charge on any atom is 0.240 e. The molecule has 1 amide bonds. The van der Waals surface area contributed by atoms with Crippen LogP contribution in [0.3, 0.4) is 0 Å². The Balaban J connectivity index is 1.53. The van der Waals surface area contributed by atoms with E-state index >= 15 is 0 Å². The fourth-order valence-corrected chi connectivity index (χ4v) is 4.81. The van der Waals surface area contributed by atoms with Crippen LogP contribution in [0, 0.1) is 11.3 Å². The van der Waals surface area contributed by atoms with Gasteiger partial charge in [-0.3, -0.25) is 4.79 Å². The van der Waals surface area contributed by atoms with Crippen LogP contribution in [0.1, 0.15) is 44.7 Å². The van der Waals surface area contributed by atoms with Crippen LogP contribution in [0.4, 0.5) is 5.82 Å². The third-order valence-electron chi connectivity index (χ3n) is 5.72. The van der Waals surface area contributed by atoms with E-state index in [1.807, 2.05) is 17.0 Å². The largest absolute Gasteiger partial charge is 0.354 e. The Morgan fingerprint density at radius 1 is 1.12 bits per heavy atom. The van der Waals surface area contributed by atoms with Crippen LogP contribution < -0.4 is 9.62 Å². The highest BCUT2D eigenvalue weighted by Crippen LogP contribution is 2.23. The molecule has 0 aliphatic carbocycles. The summed E-state index contributed by atoms with van der Waals surface area (Å²) in [4.78, 5) is 21.0. The smallest absolute Gasteiger partial charge is 0.240 e. The van der Waals surface area contributed by atoms with Crippen molar-refractivity contribution in [1.82, 2.24) is 14.6 Å². The van der Waals surface area contributed by atoms with Crippen molar-refractivity contribution < 1.29 is 13.2 Å². The summed E-state index contributed by atoms with van der Waals surface area (Å²) < 4.78 is 27.7. The molecule has 8 nitrogen and oxygen atoms in total. The third-order valence-corrected chi connectivity index (χ3v) is 7.19. The fraction of sp³-hybridized carbons (Fsp3) is 0.458. The second-order valence-corrected chi connectivity index (χ2v) is 10.9. The molecule has 1 aromatic carbocycles. The summed E-state index contributed by atoms with van der Waals surface area (Å²) >= 11 is 0. The molecule has 1 N–H and O–H groups in total. The van der Waals surface area contributed by atoms with Crippen molar-refractivity contribution in [2.75, 3.05) is 37.6 Å². The number of nitriles is 1. The summed E-state index contributed by atoms with van der Waals surface area (Å²) in [6.45, 7) is 8.62. The van der Waals surface area contributed by atoms with Gasteiger partial charge in [-0.2, -0.15) is 5.26 Å². The minimum atomic E-state index is -3.68. The minimum Gasteiger partial charge on any atom is -0.354 e. The number of anilines is 1. The Labute approximate surface area is 196 Å². The summed E-state index contributed by atoms with van der Waals surface area (Å²) in [5, 5.41) is 9.32. The van der Waals surface area contributed by atoms with Gasteiger partial charge in [0, 0.05) is 45.3 Å². The van der Waals surface area contributed by atoms with Gasteiger partial charge >= 0.3 is 0 Å². The van der Waals surface area contributed by atoms with Crippen molar-refractivity contribution in [3.8, 4) is 6.07 Å². The van der Waals surface area contributed by atoms with E-state index in [-0.39, 0.29) is 29.2 Å². The molecule has 0 saturated carbocycles. The number of benzene rings is 1. The Morgan fingerprint density at radius 2 is 1.85 bits per heavy atom. The van der Waals surface area contributed by atoms with Gasteiger partial charge in [0.15, 0.2) is 0 Å². The Bertz CT molecular complexity index is 1120. The summed E-state index contributed by atoms with van der Waals surface area (Å²) in [6, 6.07) is 12.5. The molecule has 0 radical (unpaired) electrons. The normalized spacial score (nSPS) is 15.1. The molecule has 1 aromatic heterocycles. The van der Waals surface area contributed by atoms with E-state index in [1.165, 1.54) is 0 Å². The van der Waals surface area contributed by atoms with Crippen LogP contribution in [0.5, 0.6) is 0 Å². The van der Waals surface area contributed by atoms with E-state index in [1.54, 1.807) is 35.4 Å². The van der Waals surface area contributed by atoms with Crippen molar-refractivity contribution in [3.05, 3.63) is 53.7 Å². The highest BCUT2D eigenvalue weighted by molar-refractivity contribution is 7.89. The van der Waals surface area contributed by atoms with Gasteiger partial charge in [-0.25, -0.2) is 18.1 Å². The number of nitrogens with zero attached hydrogens (tertiary/aromatic N) is 4. The van der Waals surface area contributed by atoms with Gasteiger partial charge in [0.05, 0.1) is 10.5 Å². The first kappa shape index (κ1) is 24.7. The lowest BCUT2D eigenvalue weighted by molar-refractivity contribution is -0.130. The minimum absolute atomic E-state index is 0.0429. The first-order valence-electron chi connectivity index (χ1n) is 11.1. The van der Waals surface area contributed by atoms with E-state index < -0.39 is 10.0 Å². The quantitative estimate of drug-likeness (QED) is 0.697. The number of amides is 1. The van der Waals surface area contributed by atoms with Crippen LogP contribution in [-0.2, 0) is 20.2 Å². The van der Waals surface area contributed by atoms with Crippen molar-refractivity contribution in [2.24, 2.45) is 0 Å². The second-order valence-electron chi connectivity index (χ2n) is 9.13. The molecular weight excluding hydrogens is 438 g/mol. The van der Waals surface area contributed by atoms with Crippen LogP contribution in [0.15, 0.2) is 47.5 Å². The molecule has 0 bridgehead atoms. The van der Waals surface area contributed by atoms with Gasteiger partial charge in [0.25, 0.3) is 0 Å². The average molecular weight is 470 g/mol. The zero-order valence-electron chi connectivity index (χ0n) is 19.4. The summed E-state index contributed by atoms with van der Waals surface area (Å²) in [7, 11) is -3.68. The number of pyridine rings is 1. The topological polar surface area (TPSA) is 106 Å². The van der Waals surface area contributed by atoms with Gasteiger partial charge in [0.2, 0.25) is 15.9 Å². The molecule has 2 heterocycles. The second kappa shape index (κ2) is 10.3. The summed E-state index contributed by atoms with van der Waals surface area (Å²) in [5.74, 6) is 0.545. The highest BCUT2D eigenvalue weighted by atomic mass is 32.2. The lowest BCUT2D eigenvalue weighted by atomic mass is 9.87. The number of aromatic nitrogens is 1. The number of sulfonamides is 1. The Kier molecular flexibility index (Phi) is 7.72. The summed E-state index contributed by atoms with van der Waals surface area (Å²) in [5.41, 5.74) is 1.51. The Hall–Kier alpha value is -2.96. The molecule has 1 aliphatic heterocycles. The maximum absolute atomic E-state index is 12.7. The third kappa shape index (κ3) is 6.30. The monoisotopic (exact) mass is 469 g/mol. The zero-order valence-corrected chi connectivity index (χ0v) is 20.2. The van der Waals surface area contributed by atoms with Crippen LogP contribution in [0.25, 0.3) is 0 Å². The van der Waals surface area contributed by atoms with Gasteiger partial charge < -0.3 is 9.80 Å². The molecule has 176 valence electrons.